The Morgan fingerprint density at radius 2 is 1.80 bits per heavy atom. The van der Waals surface area contributed by atoms with Crippen LogP contribution in [-0.4, -0.2) is 65.4 Å². The summed E-state index contributed by atoms with van der Waals surface area (Å²) in [5.41, 5.74) is -1.26. The molecule has 0 aromatic rings. The SMILES string of the molecule is CC(=O)C(C)(C)CN1CCC2C(C1)N(C(=O)OC(C)(C)C)CC2(F)F. The molecule has 0 N–H and O–H groups in total. The first-order valence-electron chi connectivity index (χ1n) is 8.84. The number of halogens is 2. The molecule has 2 saturated heterocycles. The first-order chi connectivity index (χ1) is 11.2. The standard InChI is InChI=1S/C18H30F2N2O3/c1-12(23)17(5,6)10-21-8-7-13-14(9-21)22(11-18(13,19)20)15(24)25-16(2,3)4/h13-14H,7-11H2,1-6H3. The minimum atomic E-state index is -2.90. The fraction of sp³-hybridized carbons (Fsp3) is 0.889. The van der Waals surface area contributed by atoms with E-state index in [0.717, 1.165) is 0 Å². The normalized spacial score (nSPS) is 27.1. The fourth-order valence-corrected chi connectivity index (χ4v) is 3.60. The highest BCUT2D eigenvalue weighted by Gasteiger charge is 2.58. The lowest BCUT2D eigenvalue weighted by Gasteiger charge is -2.41. The van der Waals surface area contributed by atoms with Crippen molar-refractivity contribution in [2.45, 2.75) is 65.5 Å². The lowest BCUT2D eigenvalue weighted by atomic mass is 9.85. The Balaban J connectivity index is 2.14. The second-order valence-corrected chi connectivity index (χ2v) is 9.01. The highest BCUT2D eigenvalue weighted by Crippen LogP contribution is 2.43. The molecule has 0 bridgehead atoms. The molecule has 7 heteroatoms. The zero-order valence-electron chi connectivity index (χ0n) is 16.1. The van der Waals surface area contributed by atoms with E-state index in [0.29, 0.717) is 26.1 Å². The first-order valence-corrected chi connectivity index (χ1v) is 8.84. The molecule has 0 radical (unpaired) electrons. The van der Waals surface area contributed by atoms with Gasteiger partial charge in [-0.15, -0.1) is 0 Å². The maximum Gasteiger partial charge on any atom is 0.410 e. The van der Waals surface area contributed by atoms with Crippen molar-refractivity contribution in [2.75, 3.05) is 26.2 Å². The number of hydrogen-bond donors (Lipinski definition) is 0. The molecule has 2 unspecified atom stereocenters. The van der Waals surface area contributed by atoms with Crippen molar-refractivity contribution in [3.63, 3.8) is 0 Å². The van der Waals surface area contributed by atoms with Crippen LogP contribution in [0.5, 0.6) is 0 Å². The van der Waals surface area contributed by atoms with Crippen molar-refractivity contribution in [1.29, 1.82) is 0 Å². The van der Waals surface area contributed by atoms with Crippen LogP contribution in [0.3, 0.4) is 0 Å². The van der Waals surface area contributed by atoms with Crippen LogP contribution in [0, 0.1) is 11.3 Å². The molecule has 2 heterocycles. The molecule has 2 aliphatic rings. The lowest BCUT2D eigenvalue weighted by molar-refractivity contribution is -0.126. The van der Waals surface area contributed by atoms with Crippen LogP contribution in [0.25, 0.3) is 0 Å². The van der Waals surface area contributed by atoms with E-state index in [1.807, 2.05) is 18.7 Å². The van der Waals surface area contributed by atoms with Gasteiger partial charge in [0.2, 0.25) is 0 Å². The van der Waals surface area contributed by atoms with Gasteiger partial charge in [-0.1, -0.05) is 13.8 Å². The molecule has 2 atom stereocenters. The van der Waals surface area contributed by atoms with Crippen molar-refractivity contribution in [3.8, 4) is 0 Å². The van der Waals surface area contributed by atoms with E-state index in [1.54, 1.807) is 27.7 Å². The van der Waals surface area contributed by atoms with E-state index >= 15 is 0 Å². The topological polar surface area (TPSA) is 49.9 Å². The van der Waals surface area contributed by atoms with E-state index in [-0.39, 0.29) is 5.78 Å². The summed E-state index contributed by atoms with van der Waals surface area (Å²) in [7, 11) is 0. The molecule has 0 saturated carbocycles. The molecule has 2 rings (SSSR count). The average Bonchev–Trinajstić information content (AvgIpc) is 2.68. The summed E-state index contributed by atoms with van der Waals surface area (Å²) in [5, 5.41) is 0. The summed E-state index contributed by atoms with van der Waals surface area (Å²) in [6, 6.07) is -0.582. The predicted octanol–water partition coefficient (Wildman–Crippen LogP) is 3.18. The maximum atomic E-state index is 14.4. The molecule has 5 nitrogen and oxygen atoms in total. The van der Waals surface area contributed by atoms with Crippen LogP contribution in [0.15, 0.2) is 0 Å². The summed E-state index contributed by atoms with van der Waals surface area (Å²) in [6.07, 6.45) is -0.377. The van der Waals surface area contributed by atoms with Crippen LogP contribution in [-0.2, 0) is 9.53 Å². The number of ether oxygens (including phenoxy) is 1. The number of rotatable bonds is 3. The van der Waals surface area contributed by atoms with Crippen molar-refractivity contribution in [2.24, 2.45) is 11.3 Å². The summed E-state index contributed by atoms with van der Waals surface area (Å²) in [5.74, 6) is -3.68. The Morgan fingerprint density at radius 3 is 2.32 bits per heavy atom. The van der Waals surface area contributed by atoms with Gasteiger partial charge in [0.15, 0.2) is 0 Å². The van der Waals surface area contributed by atoms with Crippen molar-refractivity contribution >= 4 is 11.9 Å². The number of hydrogen-bond acceptors (Lipinski definition) is 4. The first kappa shape index (κ1) is 20.1. The van der Waals surface area contributed by atoms with Gasteiger partial charge in [-0.3, -0.25) is 9.69 Å². The monoisotopic (exact) mass is 360 g/mol. The highest BCUT2D eigenvalue weighted by atomic mass is 19.3. The second kappa shape index (κ2) is 6.49. The quantitative estimate of drug-likeness (QED) is 0.776. The zero-order chi connectivity index (χ0) is 19.2. The summed E-state index contributed by atoms with van der Waals surface area (Å²) < 4.78 is 34.1. The number of ketones is 1. The van der Waals surface area contributed by atoms with Crippen molar-refractivity contribution in [3.05, 3.63) is 0 Å². The molecular formula is C18H30F2N2O3. The number of fused-ring (bicyclic) bond motifs is 1. The maximum absolute atomic E-state index is 14.4. The minimum absolute atomic E-state index is 0.0652. The molecule has 0 spiro atoms. The van der Waals surface area contributed by atoms with Gasteiger partial charge in [-0.2, -0.15) is 0 Å². The van der Waals surface area contributed by atoms with Crippen LogP contribution < -0.4 is 0 Å². The Morgan fingerprint density at radius 1 is 1.20 bits per heavy atom. The van der Waals surface area contributed by atoms with Gasteiger partial charge in [-0.05, 0) is 40.7 Å². The number of nitrogens with zero attached hydrogens (tertiary/aromatic N) is 2. The van der Waals surface area contributed by atoms with Gasteiger partial charge in [0.05, 0.1) is 12.6 Å². The van der Waals surface area contributed by atoms with Crippen LogP contribution in [0.2, 0.25) is 0 Å². The number of alkyl halides is 2. The van der Waals surface area contributed by atoms with E-state index in [2.05, 4.69) is 0 Å². The van der Waals surface area contributed by atoms with Gasteiger partial charge in [-0.25, -0.2) is 13.6 Å². The van der Waals surface area contributed by atoms with E-state index < -0.39 is 41.5 Å². The van der Waals surface area contributed by atoms with E-state index in [4.69, 9.17) is 4.74 Å². The molecule has 0 aromatic carbocycles. The molecule has 25 heavy (non-hydrogen) atoms. The third-order valence-corrected chi connectivity index (χ3v) is 5.19. The Labute approximate surface area is 148 Å². The van der Waals surface area contributed by atoms with Gasteiger partial charge in [0.1, 0.15) is 11.4 Å². The van der Waals surface area contributed by atoms with Crippen LogP contribution >= 0.6 is 0 Å². The zero-order valence-corrected chi connectivity index (χ0v) is 16.1. The molecule has 2 fully saturated rings. The number of Topliss-reactive ketones (excluding diaryl/α,β-unsaturated/α-hetero) is 1. The van der Waals surface area contributed by atoms with Crippen LogP contribution in [0.4, 0.5) is 13.6 Å². The molecule has 144 valence electrons. The molecule has 2 aliphatic heterocycles. The summed E-state index contributed by atoms with van der Waals surface area (Å²) in [6.45, 7) is 11.2. The number of likely N-dealkylation sites (tertiary alicyclic amines) is 2. The number of carbonyl (C=O) groups is 2. The Hall–Kier alpha value is -1.24. The van der Waals surface area contributed by atoms with E-state index in [9.17, 15) is 18.4 Å². The third kappa shape index (κ3) is 4.49. The number of carbonyl (C=O) groups excluding carboxylic acids is 2. The van der Waals surface area contributed by atoms with Crippen LogP contribution in [0.1, 0.15) is 48.0 Å². The Kier molecular flexibility index (Phi) is 5.21. The van der Waals surface area contributed by atoms with Crippen molar-refractivity contribution < 1.29 is 23.1 Å². The number of piperidine rings is 1. The molecule has 0 aliphatic carbocycles. The summed E-state index contributed by atoms with van der Waals surface area (Å²) >= 11 is 0. The van der Waals surface area contributed by atoms with Crippen molar-refractivity contribution in [1.82, 2.24) is 9.80 Å². The molecular weight excluding hydrogens is 330 g/mol. The third-order valence-electron chi connectivity index (χ3n) is 5.19. The second-order valence-electron chi connectivity index (χ2n) is 9.01. The number of amides is 1. The average molecular weight is 360 g/mol. The highest BCUT2D eigenvalue weighted by molar-refractivity contribution is 5.81. The van der Waals surface area contributed by atoms with Gasteiger partial charge >= 0.3 is 6.09 Å². The van der Waals surface area contributed by atoms with Gasteiger partial charge in [0.25, 0.3) is 5.92 Å². The van der Waals surface area contributed by atoms with E-state index in [1.165, 1.54) is 4.90 Å². The predicted molar refractivity (Wildman–Crippen MR) is 90.7 cm³/mol. The molecule has 0 aromatic heterocycles. The smallest absolute Gasteiger partial charge is 0.410 e. The lowest BCUT2D eigenvalue weighted by Crippen LogP contribution is -2.53. The largest absolute Gasteiger partial charge is 0.444 e. The molecule has 1 amide bonds. The van der Waals surface area contributed by atoms with Gasteiger partial charge in [0, 0.05) is 24.4 Å². The summed E-state index contributed by atoms with van der Waals surface area (Å²) in [4.78, 5) is 27.4. The van der Waals surface area contributed by atoms with Gasteiger partial charge < -0.3 is 9.64 Å². The Bertz CT molecular complexity index is 543. The fourth-order valence-electron chi connectivity index (χ4n) is 3.60. The minimum Gasteiger partial charge on any atom is -0.444 e.